The molecular formula is C20H19F3O4S. The summed E-state index contributed by atoms with van der Waals surface area (Å²) in [5.74, 6) is 0.256. The molecule has 0 atom stereocenters. The molecular weight excluding hydrogens is 393 g/mol. The summed E-state index contributed by atoms with van der Waals surface area (Å²) in [4.78, 5) is 0. The van der Waals surface area contributed by atoms with Crippen molar-refractivity contribution < 1.29 is 30.5 Å². The second-order valence-electron chi connectivity index (χ2n) is 6.53. The van der Waals surface area contributed by atoms with E-state index in [0.717, 1.165) is 5.56 Å². The third-order valence-corrected chi connectivity index (χ3v) is 5.53. The Morgan fingerprint density at radius 3 is 2.29 bits per heavy atom. The van der Waals surface area contributed by atoms with Crippen molar-refractivity contribution in [2.45, 2.75) is 31.7 Å². The largest absolute Gasteiger partial charge is 0.534 e. The number of aryl methyl sites for hydroxylation is 2. The molecule has 0 aromatic heterocycles. The number of benzene rings is 2. The second kappa shape index (κ2) is 7.50. The molecule has 4 nitrogen and oxygen atoms in total. The fourth-order valence-electron chi connectivity index (χ4n) is 3.14. The Hall–Kier alpha value is -2.48. The van der Waals surface area contributed by atoms with Crippen molar-refractivity contribution in [2.24, 2.45) is 0 Å². The summed E-state index contributed by atoms with van der Waals surface area (Å²) in [6.45, 7) is 1.89. The molecule has 0 heterocycles. The molecule has 28 heavy (non-hydrogen) atoms. The zero-order chi connectivity index (χ0) is 20.5. The fourth-order valence-corrected chi connectivity index (χ4v) is 3.64. The predicted molar refractivity (Wildman–Crippen MR) is 100.0 cm³/mol. The Morgan fingerprint density at radius 2 is 1.68 bits per heavy atom. The Balaban J connectivity index is 2.23. The third kappa shape index (κ3) is 4.01. The molecule has 0 fully saturated rings. The highest BCUT2D eigenvalue weighted by molar-refractivity contribution is 7.87. The Labute approximate surface area is 161 Å². The molecule has 0 bridgehead atoms. The van der Waals surface area contributed by atoms with Crippen LogP contribution in [0.4, 0.5) is 13.2 Å². The summed E-state index contributed by atoms with van der Waals surface area (Å²) in [6.07, 6.45) is 1.56. The van der Waals surface area contributed by atoms with Crippen LogP contribution in [-0.2, 0) is 20.7 Å². The molecule has 0 unspecified atom stereocenters. The van der Waals surface area contributed by atoms with Gasteiger partial charge in [-0.15, -0.1) is 0 Å². The lowest BCUT2D eigenvalue weighted by Gasteiger charge is -2.18. The van der Waals surface area contributed by atoms with Gasteiger partial charge in [0.05, 0.1) is 7.11 Å². The molecule has 2 aromatic rings. The fraction of sp³-hybridized carbons (Fsp3) is 0.300. The average Bonchev–Trinajstić information content (AvgIpc) is 2.80. The molecule has 0 radical (unpaired) electrons. The van der Waals surface area contributed by atoms with Gasteiger partial charge in [0.15, 0.2) is 5.76 Å². The van der Waals surface area contributed by atoms with Crippen molar-refractivity contribution in [1.29, 1.82) is 0 Å². The smallest absolute Gasteiger partial charge is 0.497 e. The predicted octanol–water partition coefficient (Wildman–Crippen LogP) is 5.07. The van der Waals surface area contributed by atoms with Gasteiger partial charge in [-0.3, -0.25) is 0 Å². The summed E-state index contributed by atoms with van der Waals surface area (Å²) in [7, 11) is -4.33. The maximum Gasteiger partial charge on any atom is 0.534 e. The normalized spacial score (nSPS) is 15.0. The van der Waals surface area contributed by atoms with Crippen LogP contribution in [0.25, 0.3) is 11.3 Å². The first-order chi connectivity index (χ1) is 13.1. The standard InChI is InChI=1S/C20H19F3O4S/c1-13-6-8-14(9-7-13)17-5-3-4-15-12-16(26-2)10-11-18(15)19(17)27-28(24,25)20(21,22)23/h6-12H,3-5H2,1-2H3. The van der Waals surface area contributed by atoms with Crippen molar-refractivity contribution in [1.82, 2.24) is 0 Å². The van der Waals surface area contributed by atoms with Crippen LogP contribution in [0.2, 0.25) is 0 Å². The number of hydrogen-bond donors (Lipinski definition) is 0. The van der Waals surface area contributed by atoms with Gasteiger partial charge in [-0.1, -0.05) is 29.8 Å². The number of allylic oxidation sites excluding steroid dienone is 1. The van der Waals surface area contributed by atoms with Gasteiger partial charge in [0, 0.05) is 11.1 Å². The lowest BCUT2D eigenvalue weighted by atomic mass is 9.98. The number of rotatable bonds is 4. The SMILES string of the molecule is COc1ccc2c(c1)CCCC(c1ccc(C)cc1)=C2OS(=O)(=O)C(F)(F)F. The lowest BCUT2D eigenvalue weighted by molar-refractivity contribution is -0.0509. The molecule has 0 aliphatic heterocycles. The van der Waals surface area contributed by atoms with Gasteiger partial charge >= 0.3 is 15.6 Å². The zero-order valence-corrected chi connectivity index (χ0v) is 16.2. The van der Waals surface area contributed by atoms with Crippen LogP contribution in [0.3, 0.4) is 0 Å². The Morgan fingerprint density at radius 1 is 1.00 bits per heavy atom. The molecule has 0 N–H and O–H groups in total. The number of methoxy groups -OCH3 is 1. The van der Waals surface area contributed by atoms with Crippen LogP contribution in [-0.4, -0.2) is 21.0 Å². The van der Waals surface area contributed by atoms with Gasteiger partial charge in [0.1, 0.15) is 5.75 Å². The summed E-state index contributed by atoms with van der Waals surface area (Å²) in [5.41, 5.74) is -2.49. The molecule has 1 aliphatic carbocycles. The highest BCUT2D eigenvalue weighted by atomic mass is 32.2. The number of fused-ring (bicyclic) bond motifs is 1. The van der Waals surface area contributed by atoms with Crippen molar-refractivity contribution in [3.8, 4) is 5.75 Å². The Bertz CT molecular complexity index is 1010. The van der Waals surface area contributed by atoms with Crippen molar-refractivity contribution in [3.63, 3.8) is 0 Å². The van der Waals surface area contributed by atoms with Crippen LogP contribution in [0.1, 0.15) is 35.1 Å². The van der Waals surface area contributed by atoms with E-state index in [0.29, 0.717) is 47.3 Å². The van der Waals surface area contributed by atoms with Crippen LogP contribution in [0.5, 0.6) is 5.75 Å². The summed E-state index contributed by atoms with van der Waals surface area (Å²) in [5, 5.41) is 0. The van der Waals surface area contributed by atoms with Crippen molar-refractivity contribution in [2.75, 3.05) is 7.11 Å². The van der Waals surface area contributed by atoms with E-state index < -0.39 is 15.6 Å². The van der Waals surface area contributed by atoms with E-state index in [1.54, 1.807) is 24.3 Å². The van der Waals surface area contributed by atoms with Gasteiger partial charge in [0.2, 0.25) is 0 Å². The molecule has 0 amide bonds. The van der Waals surface area contributed by atoms with Crippen LogP contribution in [0, 0.1) is 6.92 Å². The van der Waals surface area contributed by atoms with E-state index in [-0.39, 0.29) is 5.76 Å². The quantitative estimate of drug-likeness (QED) is 0.519. The van der Waals surface area contributed by atoms with Crippen molar-refractivity contribution in [3.05, 3.63) is 64.7 Å². The molecule has 1 aliphatic rings. The minimum atomic E-state index is -5.81. The highest BCUT2D eigenvalue weighted by Gasteiger charge is 2.49. The molecule has 0 saturated heterocycles. The molecule has 3 rings (SSSR count). The van der Waals surface area contributed by atoms with E-state index in [9.17, 15) is 21.6 Å². The maximum atomic E-state index is 13.0. The summed E-state index contributed by atoms with van der Waals surface area (Å²) >= 11 is 0. The number of alkyl halides is 3. The minimum Gasteiger partial charge on any atom is -0.497 e. The zero-order valence-electron chi connectivity index (χ0n) is 15.3. The second-order valence-corrected chi connectivity index (χ2v) is 8.07. The number of hydrogen-bond acceptors (Lipinski definition) is 4. The molecule has 0 saturated carbocycles. The summed E-state index contributed by atoms with van der Waals surface area (Å²) < 4.78 is 72.5. The number of ether oxygens (including phenoxy) is 1. The van der Waals surface area contributed by atoms with Crippen LogP contribution in [0.15, 0.2) is 42.5 Å². The average molecular weight is 412 g/mol. The lowest BCUT2D eigenvalue weighted by Crippen LogP contribution is -2.25. The van der Waals surface area contributed by atoms with E-state index in [2.05, 4.69) is 0 Å². The van der Waals surface area contributed by atoms with E-state index in [4.69, 9.17) is 8.92 Å². The first kappa shape index (κ1) is 20.3. The summed E-state index contributed by atoms with van der Waals surface area (Å²) in [6, 6.07) is 11.9. The highest BCUT2D eigenvalue weighted by Crippen LogP contribution is 2.40. The van der Waals surface area contributed by atoms with E-state index in [1.807, 2.05) is 19.1 Å². The van der Waals surface area contributed by atoms with Crippen LogP contribution >= 0.6 is 0 Å². The topological polar surface area (TPSA) is 52.6 Å². The van der Waals surface area contributed by atoms with Crippen LogP contribution < -0.4 is 4.74 Å². The first-order valence-electron chi connectivity index (χ1n) is 8.60. The van der Waals surface area contributed by atoms with Gasteiger partial charge in [-0.05, 0) is 55.5 Å². The molecule has 8 heteroatoms. The molecule has 150 valence electrons. The van der Waals surface area contributed by atoms with Gasteiger partial charge < -0.3 is 8.92 Å². The maximum absolute atomic E-state index is 13.0. The van der Waals surface area contributed by atoms with Crippen molar-refractivity contribution >= 4 is 21.5 Å². The van der Waals surface area contributed by atoms with Gasteiger partial charge in [-0.25, -0.2) is 0 Å². The Kier molecular flexibility index (Phi) is 5.43. The number of halogens is 3. The monoisotopic (exact) mass is 412 g/mol. The third-order valence-electron chi connectivity index (χ3n) is 4.58. The van der Waals surface area contributed by atoms with Gasteiger partial charge in [0.25, 0.3) is 0 Å². The first-order valence-corrected chi connectivity index (χ1v) is 10.0. The minimum absolute atomic E-state index is 0.281. The molecule has 0 spiro atoms. The molecule has 2 aromatic carbocycles. The van der Waals surface area contributed by atoms with E-state index >= 15 is 0 Å². The van der Waals surface area contributed by atoms with Gasteiger partial charge in [-0.2, -0.15) is 21.6 Å². The van der Waals surface area contributed by atoms with E-state index in [1.165, 1.54) is 13.2 Å².